The lowest BCUT2D eigenvalue weighted by Crippen LogP contribution is -2.33. The van der Waals surface area contributed by atoms with Crippen molar-refractivity contribution in [3.8, 4) is 5.75 Å². The molecule has 9 heteroatoms. The van der Waals surface area contributed by atoms with Crippen LogP contribution in [0.2, 0.25) is 0 Å². The molecule has 2 amide bonds. The number of aliphatic hydroxyl groups excluding tert-OH is 1. The molecule has 1 aliphatic heterocycles. The highest BCUT2D eigenvalue weighted by atomic mass is 32.2. The standard InChI is InChI=1S/C21H19N3O5S/c1-24(20-22-16-4-2-3-5-17(16)29-20)11-14(25)12-28-15-8-6-13(7-9-15)10-18-19(26)23-21(27)30-18/h2-10,14,25H,11-12H2,1H3,(H,23,26,27)/b18-10-. The molecule has 0 aliphatic carbocycles. The maximum Gasteiger partial charge on any atom is 0.298 e. The van der Waals surface area contributed by atoms with Crippen LogP contribution in [0.25, 0.3) is 17.2 Å². The molecule has 0 spiro atoms. The number of aliphatic hydroxyl groups is 1. The van der Waals surface area contributed by atoms with Gasteiger partial charge in [-0.3, -0.25) is 14.9 Å². The molecule has 154 valence electrons. The third-order valence-electron chi connectivity index (χ3n) is 4.36. The number of thioether (sulfide) groups is 1. The van der Waals surface area contributed by atoms with Gasteiger partial charge in [0.05, 0.1) is 11.4 Å². The van der Waals surface area contributed by atoms with E-state index in [0.29, 0.717) is 22.3 Å². The number of aromatic nitrogens is 1. The molecule has 1 fully saturated rings. The summed E-state index contributed by atoms with van der Waals surface area (Å²) >= 11 is 0.872. The Labute approximate surface area is 176 Å². The van der Waals surface area contributed by atoms with E-state index in [1.165, 1.54) is 0 Å². The maximum atomic E-state index is 11.6. The number of nitrogens with one attached hydrogen (secondary N) is 1. The molecule has 1 atom stereocenters. The van der Waals surface area contributed by atoms with Crippen LogP contribution in [0, 0.1) is 0 Å². The molecule has 1 aliphatic rings. The van der Waals surface area contributed by atoms with E-state index in [2.05, 4.69) is 10.3 Å². The molecule has 2 heterocycles. The number of rotatable bonds is 7. The highest BCUT2D eigenvalue weighted by Crippen LogP contribution is 2.26. The second-order valence-corrected chi connectivity index (χ2v) is 7.75. The third kappa shape index (κ3) is 4.64. The first-order chi connectivity index (χ1) is 14.5. The average molecular weight is 425 g/mol. The third-order valence-corrected chi connectivity index (χ3v) is 5.17. The Kier molecular flexibility index (Phi) is 5.73. The Morgan fingerprint density at radius 1 is 1.23 bits per heavy atom. The number of benzene rings is 2. The molecule has 0 radical (unpaired) electrons. The molecule has 1 unspecified atom stereocenters. The largest absolute Gasteiger partial charge is 0.491 e. The number of para-hydroxylation sites is 2. The summed E-state index contributed by atoms with van der Waals surface area (Å²) in [6, 6.07) is 14.9. The number of ether oxygens (including phenoxy) is 1. The number of carbonyl (C=O) groups excluding carboxylic acids is 2. The van der Waals surface area contributed by atoms with Gasteiger partial charge in [0, 0.05) is 7.05 Å². The van der Waals surface area contributed by atoms with Crippen molar-refractivity contribution in [2.75, 3.05) is 25.1 Å². The molecule has 3 aromatic rings. The molecule has 2 N–H and O–H groups in total. The van der Waals surface area contributed by atoms with Crippen LogP contribution in [0.5, 0.6) is 5.75 Å². The monoisotopic (exact) mass is 425 g/mol. The summed E-state index contributed by atoms with van der Waals surface area (Å²) in [5.41, 5.74) is 2.22. The molecule has 4 rings (SSSR count). The molecule has 1 aromatic heterocycles. The first-order valence-electron chi connectivity index (χ1n) is 9.20. The number of fused-ring (bicyclic) bond motifs is 1. The van der Waals surface area contributed by atoms with Crippen LogP contribution >= 0.6 is 11.8 Å². The number of hydrogen-bond donors (Lipinski definition) is 2. The normalized spacial score (nSPS) is 16.1. The smallest absolute Gasteiger partial charge is 0.298 e. The molecule has 1 saturated heterocycles. The van der Waals surface area contributed by atoms with Gasteiger partial charge < -0.3 is 19.2 Å². The van der Waals surface area contributed by atoms with Gasteiger partial charge in [-0.15, -0.1) is 0 Å². The average Bonchev–Trinajstić information content (AvgIpc) is 3.30. The molecule has 30 heavy (non-hydrogen) atoms. The molecule has 8 nitrogen and oxygen atoms in total. The minimum Gasteiger partial charge on any atom is -0.491 e. The zero-order valence-electron chi connectivity index (χ0n) is 16.1. The Morgan fingerprint density at radius 2 is 2.00 bits per heavy atom. The van der Waals surface area contributed by atoms with Gasteiger partial charge in [0.25, 0.3) is 17.2 Å². The van der Waals surface area contributed by atoms with Gasteiger partial charge in [0.2, 0.25) is 0 Å². The SMILES string of the molecule is CN(CC(O)COc1ccc(/C=C2\SC(=O)NC2=O)cc1)c1nc2ccccc2o1. The van der Waals surface area contributed by atoms with E-state index in [4.69, 9.17) is 9.15 Å². The lowest BCUT2D eigenvalue weighted by Gasteiger charge is -2.19. The van der Waals surface area contributed by atoms with Crippen LogP contribution in [0.3, 0.4) is 0 Å². The number of hydrogen-bond acceptors (Lipinski definition) is 8. The van der Waals surface area contributed by atoms with Crippen LogP contribution in [-0.2, 0) is 4.79 Å². The summed E-state index contributed by atoms with van der Waals surface area (Å²) in [4.78, 5) is 29.3. The Balaban J connectivity index is 1.30. The fourth-order valence-electron chi connectivity index (χ4n) is 2.90. The van der Waals surface area contributed by atoms with Crippen molar-refractivity contribution in [3.63, 3.8) is 0 Å². The highest BCUT2D eigenvalue weighted by Gasteiger charge is 2.24. The van der Waals surface area contributed by atoms with Crippen molar-refractivity contribution >= 4 is 46.1 Å². The number of oxazole rings is 1. The Hall–Kier alpha value is -3.30. The van der Waals surface area contributed by atoms with Gasteiger partial charge in [0.15, 0.2) is 5.58 Å². The number of amides is 2. The summed E-state index contributed by atoms with van der Waals surface area (Å²) in [5.74, 6) is 0.192. The van der Waals surface area contributed by atoms with Gasteiger partial charge in [-0.2, -0.15) is 4.98 Å². The second kappa shape index (κ2) is 8.60. The van der Waals surface area contributed by atoms with E-state index >= 15 is 0 Å². The predicted octanol–water partition coefficient (Wildman–Crippen LogP) is 3.03. The zero-order valence-corrected chi connectivity index (χ0v) is 16.9. The van der Waals surface area contributed by atoms with Crippen molar-refractivity contribution in [2.24, 2.45) is 0 Å². The summed E-state index contributed by atoms with van der Waals surface area (Å²) in [6.07, 6.45) is 0.884. The number of nitrogens with zero attached hydrogens (tertiary/aromatic N) is 2. The second-order valence-electron chi connectivity index (χ2n) is 6.73. The van der Waals surface area contributed by atoms with Crippen molar-refractivity contribution in [2.45, 2.75) is 6.10 Å². The maximum absolute atomic E-state index is 11.6. The van der Waals surface area contributed by atoms with Gasteiger partial charge >= 0.3 is 0 Å². The predicted molar refractivity (Wildman–Crippen MR) is 114 cm³/mol. The van der Waals surface area contributed by atoms with E-state index in [-0.39, 0.29) is 18.4 Å². The zero-order chi connectivity index (χ0) is 21.1. The van der Waals surface area contributed by atoms with Gasteiger partial charge in [-0.25, -0.2) is 0 Å². The Morgan fingerprint density at radius 3 is 2.70 bits per heavy atom. The first-order valence-corrected chi connectivity index (χ1v) is 10.0. The van der Waals surface area contributed by atoms with E-state index in [1.807, 2.05) is 24.3 Å². The van der Waals surface area contributed by atoms with Crippen LogP contribution < -0.4 is 15.0 Å². The van der Waals surface area contributed by atoms with Crippen molar-refractivity contribution in [1.29, 1.82) is 0 Å². The van der Waals surface area contributed by atoms with Crippen LogP contribution in [0.1, 0.15) is 5.56 Å². The van der Waals surface area contributed by atoms with Crippen molar-refractivity contribution < 1.29 is 23.8 Å². The summed E-state index contributed by atoms with van der Waals surface area (Å²) in [5, 5.41) is 12.1. The number of likely N-dealkylation sites (N-methyl/N-ethyl adjacent to an activating group) is 1. The Bertz CT molecular complexity index is 1080. The molecule has 2 aromatic carbocycles. The fourth-order valence-corrected chi connectivity index (χ4v) is 3.58. The molecular weight excluding hydrogens is 406 g/mol. The van der Waals surface area contributed by atoms with E-state index in [0.717, 1.165) is 22.8 Å². The minimum atomic E-state index is -0.753. The molecule has 0 bridgehead atoms. The van der Waals surface area contributed by atoms with Crippen molar-refractivity contribution in [1.82, 2.24) is 10.3 Å². The number of imide groups is 1. The van der Waals surface area contributed by atoms with E-state index < -0.39 is 12.0 Å². The topological polar surface area (TPSA) is 105 Å². The lowest BCUT2D eigenvalue weighted by molar-refractivity contribution is -0.115. The number of carbonyl (C=O) groups is 2. The first kappa shape index (κ1) is 20.0. The van der Waals surface area contributed by atoms with Gasteiger partial charge in [-0.1, -0.05) is 24.3 Å². The summed E-state index contributed by atoms with van der Waals surface area (Å²) in [6.45, 7) is 0.384. The fraction of sp³-hybridized carbons (Fsp3) is 0.190. The number of anilines is 1. The van der Waals surface area contributed by atoms with Gasteiger partial charge in [-0.05, 0) is 47.7 Å². The van der Waals surface area contributed by atoms with Crippen LogP contribution in [0.15, 0.2) is 57.9 Å². The van der Waals surface area contributed by atoms with Gasteiger partial charge in [0.1, 0.15) is 24.0 Å². The molecular formula is C21H19N3O5S. The summed E-state index contributed by atoms with van der Waals surface area (Å²) in [7, 11) is 1.79. The quantitative estimate of drug-likeness (QED) is 0.557. The van der Waals surface area contributed by atoms with E-state index in [9.17, 15) is 14.7 Å². The van der Waals surface area contributed by atoms with Crippen molar-refractivity contribution in [3.05, 3.63) is 59.0 Å². The van der Waals surface area contributed by atoms with E-state index in [1.54, 1.807) is 42.3 Å². The highest BCUT2D eigenvalue weighted by molar-refractivity contribution is 8.18. The summed E-state index contributed by atoms with van der Waals surface area (Å²) < 4.78 is 11.3. The van der Waals surface area contributed by atoms with Crippen LogP contribution in [0.4, 0.5) is 10.8 Å². The lowest BCUT2D eigenvalue weighted by atomic mass is 10.2. The van der Waals surface area contributed by atoms with Crippen LogP contribution in [-0.4, -0.2) is 47.5 Å². The minimum absolute atomic E-state index is 0.0950. The molecule has 0 saturated carbocycles.